The summed E-state index contributed by atoms with van der Waals surface area (Å²) in [4.78, 5) is 0. The molecule has 4 nitrogen and oxygen atoms in total. The Morgan fingerprint density at radius 3 is 2.74 bits per heavy atom. The average molecular weight is 261 g/mol. The van der Waals surface area contributed by atoms with Crippen molar-refractivity contribution in [3.63, 3.8) is 0 Å². The summed E-state index contributed by atoms with van der Waals surface area (Å²) in [5.74, 6) is 0.0690. The van der Waals surface area contributed by atoms with Crippen LogP contribution in [0, 0.1) is 12.7 Å². The number of aryl methyl sites for hydroxylation is 1. The third kappa shape index (κ3) is 3.48. The van der Waals surface area contributed by atoms with E-state index in [1.807, 2.05) is 6.92 Å². The van der Waals surface area contributed by atoms with Crippen LogP contribution in [0.3, 0.4) is 0 Å². The molecule has 1 aromatic carbocycles. The van der Waals surface area contributed by atoms with E-state index >= 15 is 0 Å². The van der Waals surface area contributed by atoms with Gasteiger partial charge >= 0.3 is 0 Å². The summed E-state index contributed by atoms with van der Waals surface area (Å²) in [5, 5.41) is 11.1. The van der Waals surface area contributed by atoms with Crippen LogP contribution >= 0.6 is 0 Å². The van der Waals surface area contributed by atoms with Crippen LogP contribution in [0.25, 0.3) is 0 Å². The maximum atomic E-state index is 13.7. The van der Waals surface area contributed by atoms with Gasteiger partial charge in [0.05, 0.1) is 5.69 Å². The molecule has 19 heavy (non-hydrogen) atoms. The second-order valence-electron chi connectivity index (χ2n) is 4.13. The minimum Gasteiger partial charge on any atom is -0.434 e. The van der Waals surface area contributed by atoms with Crippen LogP contribution < -0.4 is 10.1 Å². The number of nitrogens with zero attached hydrogens (tertiary/aromatic N) is 2. The fourth-order valence-electron chi connectivity index (χ4n) is 1.56. The molecule has 0 aliphatic rings. The second-order valence-corrected chi connectivity index (χ2v) is 4.13. The number of hydrogen-bond acceptors (Lipinski definition) is 4. The van der Waals surface area contributed by atoms with E-state index in [0.29, 0.717) is 12.1 Å². The van der Waals surface area contributed by atoms with Gasteiger partial charge in [0, 0.05) is 12.6 Å². The van der Waals surface area contributed by atoms with Gasteiger partial charge in [0.1, 0.15) is 0 Å². The zero-order valence-electron chi connectivity index (χ0n) is 11.0. The molecule has 0 aliphatic carbocycles. The predicted molar refractivity (Wildman–Crippen MR) is 70.6 cm³/mol. The summed E-state index contributed by atoms with van der Waals surface area (Å²) in [6.07, 6.45) is 0. The maximum absolute atomic E-state index is 13.7. The van der Waals surface area contributed by atoms with Gasteiger partial charge in [-0.15, -0.1) is 5.10 Å². The van der Waals surface area contributed by atoms with Crippen molar-refractivity contribution >= 4 is 0 Å². The Bertz CT molecular complexity index is 543. The van der Waals surface area contributed by atoms with Crippen LogP contribution in [0.15, 0.2) is 30.3 Å². The van der Waals surface area contributed by atoms with Gasteiger partial charge in [0.25, 0.3) is 0 Å². The lowest BCUT2D eigenvalue weighted by Gasteiger charge is -2.07. The van der Waals surface area contributed by atoms with E-state index in [4.69, 9.17) is 4.74 Å². The largest absolute Gasteiger partial charge is 0.434 e. The first-order valence-electron chi connectivity index (χ1n) is 6.17. The molecule has 0 unspecified atom stereocenters. The van der Waals surface area contributed by atoms with E-state index in [2.05, 4.69) is 15.5 Å². The van der Waals surface area contributed by atoms with Crippen molar-refractivity contribution in [2.75, 3.05) is 6.54 Å². The number of benzene rings is 1. The molecule has 0 aliphatic heterocycles. The van der Waals surface area contributed by atoms with E-state index in [-0.39, 0.29) is 17.4 Å². The smallest absolute Gasteiger partial charge is 0.239 e. The number of hydrogen-bond donors (Lipinski definition) is 1. The van der Waals surface area contributed by atoms with Crippen molar-refractivity contribution < 1.29 is 9.13 Å². The summed E-state index contributed by atoms with van der Waals surface area (Å²) in [7, 11) is 0. The van der Waals surface area contributed by atoms with Gasteiger partial charge in [0.2, 0.25) is 5.88 Å². The monoisotopic (exact) mass is 261 g/mol. The third-order valence-electron chi connectivity index (χ3n) is 2.62. The highest BCUT2D eigenvalue weighted by molar-refractivity contribution is 5.32. The standard InChI is InChI=1S/C14H16FN3O/c1-3-16-9-11-7-8-13(18-17-11)19-12-6-4-5-10(2)14(12)15/h4-8,16H,3,9H2,1-2H3. The van der Waals surface area contributed by atoms with E-state index in [1.165, 1.54) is 0 Å². The van der Waals surface area contributed by atoms with Gasteiger partial charge in [0.15, 0.2) is 11.6 Å². The molecule has 1 N–H and O–H groups in total. The highest BCUT2D eigenvalue weighted by Crippen LogP contribution is 2.24. The molecule has 0 bridgehead atoms. The first kappa shape index (κ1) is 13.4. The Balaban J connectivity index is 2.09. The zero-order chi connectivity index (χ0) is 13.7. The van der Waals surface area contributed by atoms with Crippen molar-refractivity contribution in [3.8, 4) is 11.6 Å². The predicted octanol–water partition coefficient (Wildman–Crippen LogP) is 2.83. The Morgan fingerprint density at radius 1 is 1.21 bits per heavy atom. The van der Waals surface area contributed by atoms with Crippen LogP contribution in [0.5, 0.6) is 11.6 Å². The molecule has 100 valence electrons. The van der Waals surface area contributed by atoms with Crippen molar-refractivity contribution in [1.82, 2.24) is 15.5 Å². The molecular weight excluding hydrogens is 245 g/mol. The normalized spacial score (nSPS) is 10.5. The van der Waals surface area contributed by atoms with Crippen LogP contribution in [0.4, 0.5) is 4.39 Å². The van der Waals surface area contributed by atoms with Crippen molar-refractivity contribution in [2.45, 2.75) is 20.4 Å². The highest BCUT2D eigenvalue weighted by Gasteiger charge is 2.08. The van der Waals surface area contributed by atoms with Crippen LogP contribution in [-0.2, 0) is 6.54 Å². The lowest BCUT2D eigenvalue weighted by molar-refractivity contribution is 0.419. The zero-order valence-corrected chi connectivity index (χ0v) is 11.0. The Morgan fingerprint density at radius 2 is 2.05 bits per heavy atom. The highest BCUT2D eigenvalue weighted by atomic mass is 19.1. The second kappa shape index (κ2) is 6.24. The van der Waals surface area contributed by atoms with Crippen LogP contribution in [0.1, 0.15) is 18.2 Å². The number of rotatable bonds is 5. The number of aromatic nitrogens is 2. The molecule has 1 aromatic heterocycles. The summed E-state index contributed by atoms with van der Waals surface area (Å²) < 4.78 is 19.1. The molecule has 1 heterocycles. The molecule has 0 saturated heterocycles. The summed E-state index contributed by atoms with van der Waals surface area (Å²) >= 11 is 0. The molecule has 0 radical (unpaired) electrons. The minimum atomic E-state index is -0.374. The molecule has 2 rings (SSSR count). The molecule has 5 heteroatoms. The quantitative estimate of drug-likeness (QED) is 0.899. The Kier molecular flexibility index (Phi) is 4.41. The summed E-state index contributed by atoms with van der Waals surface area (Å²) in [6.45, 7) is 5.23. The van der Waals surface area contributed by atoms with E-state index in [0.717, 1.165) is 12.2 Å². The first-order valence-corrected chi connectivity index (χ1v) is 6.17. The molecule has 0 amide bonds. The summed E-state index contributed by atoms with van der Waals surface area (Å²) in [5.41, 5.74) is 1.35. The topological polar surface area (TPSA) is 47.0 Å². The summed E-state index contributed by atoms with van der Waals surface area (Å²) in [6, 6.07) is 8.48. The number of halogens is 1. The van der Waals surface area contributed by atoms with Crippen molar-refractivity contribution in [2.24, 2.45) is 0 Å². The molecule has 0 fully saturated rings. The maximum Gasteiger partial charge on any atom is 0.239 e. The molecular formula is C14H16FN3O. The van der Waals surface area contributed by atoms with Gasteiger partial charge < -0.3 is 10.1 Å². The van der Waals surface area contributed by atoms with E-state index in [1.54, 1.807) is 37.3 Å². The molecule has 2 aromatic rings. The van der Waals surface area contributed by atoms with Gasteiger partial charge in [-0.1, -0.05) is 19.1 Å². The van der Waals surface area contributed by atoms with Crippen molar-refractivity contribution in [1.29, 1.82) is 0 Å². The van der Waals surface area contributed by atoms with E-state index < -0.39 is 0 Å². The van der Waals surface area contributed by atoms with Gasteiger partial charge in [-0.05, 0) is 31.2 Å². The molecule has 0 atom stereocenters. The van der Waals surface area contributed by atoms with Gasteiger partial charge in [-0.3, -0.25) is 0 Å². The lowest BCUT2D eigenvalue weighted by atomic mass is 10.2. The fraction of sp³-hybridized carbons (Fsp3) is 0.286. The lowest BCUT2D eigenvalue weighted by Crippen LogP contribution is -2.13. The Hall–Kier alpha value is -2.01. The van der Waals surface area contributed by atoms with Gasteiger partial charge in [-0.2, -0.15) is 5.10 Å². The van der Waals surface area contributed by atoms with Crippen LogP contribution in [-0.4, -0.2) is 16.7 Å². The minimum absolute atomic E-state index is 0.161. The van der Waals surface area contributed by atoms with E-state index in [9.17, 15) is 4.39 Å². The van der Waals surface area contributed by atoms with Gasteiger partial charge in [-0.25, -0.2) is 4.39 Å². The number of ether oxygens (including phenoxy) is 1. The molecule has 0 saturated carbocycles. The van der Waals surface area contributed by atoms with Crippen LogP contribution in [0.2, 0.25) is 0 Å². The third-order valence-corrected chi connectivity index (χ3v) is 2.62. The number of nitrogens with one attached hydrogen (secondary N) is 1. The SMILES string of the molecule is CCNCc1ccc(Oc2cccc(C)c2F)nn1. The fourth-order valence-corrected chi connectivity index (χ4v) is 1.56. The molecule has 0 spiro atoms. The first-order chi connectivity index (χ1) is 9.20. The average Bonchev–Trinajstić information content (AvgIpc) is 2.43. The Labute approximate surface area is 111 Å². The van der Waals surface area contributed by atoms with Crippen molar-refractivity contribution in [3.05, 3.63) is 47.4 Å².